The molecule has 1 aliphatic rings. The predicted octanol–water partition coefficient (Wildman–Crippen LogP) is 0.841. The van der Waals surface area contributed by atoms with Gasteiger partial charge in [-0.2, -0.15) is 0 Å². The molecule has 1 saturated heterocycles. The average Bonchev–Trinajstić information content (AvgIpc) is 2.48. The Labute approximate surface area is 113 Å². The summed E-state index contributed by atoms with van der Waals surface area (Å²) in [5.74, 6) is 0.397. The van der Waals surface area contributed by atoms with Gasteiger partial charge in [0.05, 0.1) is 7.11 Å². The largest absolute Gasteiger partial charge is 0.463 e. The van der Waals surface area contributed by atoms with Gasteiger partial charge in [0.15, 0.2) is 0 Å². The minimum atomic E-state index is -0.500. The molecular formula is C13H20N4O2. The van der Waals surface area contributed by atoms with E-state index < -0.39 is 5.97 Å². The Morgan fingerprint density at radius 1 is 1.63 bits per heavy atom. The quantitative estimate of drug-likeness (QED) is 0.813. The maximum atomic E-state index is 11.5. The maximum absolute atomic E-state index is 11.5. The highest BCUT2D eigenvalue weighted by Gasteiger charge is 2.22. The Bertz CT molecular complexity index is 432. The highest BCUT2D eigenvalue weighted by Crippen LogP contribution is 2.18. The molecule has 104 valence electrons. The fourth-order valence-electron chi connectivity index (χ4n) is 2.41. The van der Waals surface area contributed by atoms with Crippen LogP contribution in [0.5, 0.6) is 0 Å². The zero-order valence-corrected chi connectivity index (χ0v) is 11.4. The van der Waals surface area contributed by atoms with Gasteiger partial charge in [-0.1, -0.05) is 0 Å². The van der Waals surface area contributed by atoms with E-state index in [-0.39, 0.29) is 5.82 Å². The van der Waals surface area contributed by atoms with E-state index in [0.29, 0.717) is 6.04 Å². The van der Waals surface area contributed by atoms with Crippen molar-refractivity contribution in [2.75, 3.05) is 31.6 Å². The van der Waals surface area contributed by atoms with Crippen LogP contribution in [-0.4, -0.2) is 48.7 Å². The molecule has 0 spiro atoms. The standard InChI is InChI=1S/C13H20N4O2/c1-3-17(10-5-4-7-14-9-10)11-6-8-15-12(16-11)13(18)19-2/h6,8,10,14H,3-5,7,9H2,1-2H3. The SMILES string of the molecule is CCN(c1ccnc(C(=O)OC)n1)C1CCCNC1. The smallest absolute Gasteiger partial charge is 0.376 e. The molecule has 2 rings (SSSR count). The number of methoxy groups -OCH3 is 1. The van der Waals surface area contributed by atoms with Crippen molar-refractivity contribution in [3.8, 4) is 0 Å². The number of hydrogen-bond donors (Lipinski definition) is 1. The summed E-state index contributed by atoms with van der Waals surface area (Å²) in [5.41, 5.74) is 0. The fourth-order valence-corrected chi connectivity index (χ4v) is 2.41. The summed E-state index contributed by atoms with van der Waals surface area (Å²) in [6.45, 7) is 4.97. The molecule has 1 atom stereocenters. The minimum Gasteiger partial charge on any atom is -0.463 e. The van der Waals surface area contributed by atoms with Crippen LogP contribution in [-0.2, 0) is 4.74 Å². The van der Waals surface area contributed by atoms with Crippen LogP contribution < -0.4 is 10.2 Å². The first-order valence-electron chi connectivity index (χ1n) is 6.65. The van der Waals surface area contributed by atoms with E-state index in [2.05, 4.69) is 31.8 Å². The summed E-state index contributed by atoms with van der Waals surface area (Å²) in [7, 11) is 1.33. The van der Waals surface area contributed by atoms with Crippen LogP contribution in [0.2, 0.25) is 0 Å². The van der Waals surface area contributed by atoms with E-state index >= 15 is 0 Å². The molecule has 1 fully saturated rings. The Balaban J connectivity index is 2.19. The Morgan fingerprint density at radius 2 is 2.47 bits per heavy atom. The van der Waals surface area contributed by atoms with Crippen molar-refractivity contribution in [1.29, 1.82) is 0 Å². The highest BCUT2D eigenvalue weighted by molar-refractivity contribution is 5.85. The molecule has 1 unspecified atom stereocenters. The topological polar surface area (TPSA) is 67.4 Å². The van der Waals surface area contributed by atoms with Crippen LogP contribution in [0.25, 0.3) is 0 Å². The zero-order valence-electron chi connectivity index (χ0n) is 11.4. The third-order valence-corrected chi connectivity index (χ3v) is 3.36. The Kier molecular flexibility index (Phi) is 4.68. The highest BCUT2D eigenvalue weighted by atomic mass is 16.5. The van der Waals surface area contributed by atoms with Gasteiger partial charge in [0.2, 0.25) is 5.82 Å². The van der Waals surface area contributed by atoms with E-state index in [1.54, 1.807) is 6.20 Å². The number of aromatic nitrogens is 2. The lowest BCUT2D eigenvalue weighted by atomic mass is 10.1. The zero-order chi connectivity index (χ0) is 13.7. The van der Waals surface area contributed by atoms with E-state index in [1.807, 2.05) is 6.07 Å². The lowest BCUT2D eigenvalue weighted by Crippen LogP contribution is -2.46. The average molecular weight is 264 g/mol. The molecule has 6 nitrogen and oxygen atoms in total. The normalized spacial score (nSPS) is 18.9. The number of ether oxygens (including phenoxy) is 1. The maximum Gasteiger partial charge on any atom is 0.376 e. The summed E-state index contributed by atoms with van der Waals surface area (Å²) in [4.78, 5) is 21.9. The van der Waals surface area contributed by atoms with Crippen molar-refractivity contribution in [3.05, 3.63) is 18.1 Å². The van der Waals surface area contributed by atoms with Gasteiger partial charge in [-0.15, -0.1) is 0 Å². The van der Waals surface area contributed by atoms with Gasteiger partial charge in [0.25, 0.3) is 0 Å². The monoisotopic (exact) mass is 264 g/mol. The summed E-state index contributed by atoms with van der Waals surface area (Å²) in [5, 5.41) is 3.39. The van der Waals surface area contributed by atoms with Crippen molar-refractivity contribution in [2.24, 2.45) is 0 Å². The molecule has 1 N–H and O–H groups in total. The molecule has 1 aromatic rings. The van der Waals surface area contributed by atoms with Crippen molar-refractivity contribution >= 4 is 11.8 Å². The molecule has 0 aromatic carbocycles. The summed E-state index contributed by atoms with van der Waals surface area (Å²) < 4.78 is 4.66. The van der Waals surface area contributed by atoms with Gasteiger partial charge >= 0.3 is 5.97 Å². The number of carbonyl (C=O) groups is 1. The number of carbonyl (C=O) groups excluding carboxylic acids is 1. The number of rotatable bonds is 4. The fraction of sp³-hybridized carbons (Fsp3) is 0.615. The number of hydrogen-bond acceptors (Lipinski definition) is 6. The van der Waals surface area contributed by atoms with Crippen molar-refractivity contribution in [2.45, 2.75) is 25.8 Å². The number of nitrogens with one attached hydrogen (secondary N) is 1. The number of anilines is 1. The molecule has 0 amide bonds. The summed E-state index contributed by atoms with van der Waals surface area (Å²) in [6.07, 6.45) is 3.90. The first kappa shape index (κ1) is 13.7. The van der Waals surface area contributed by atoms with Crippen LogP contribution in [0, 0.1) is 0 Å². The van der Waals surface area contributed by atoms with Crippen LogP contribution >= 0.6 is 0 Å². The second-order valence-corrected chi connectivity index (χ2v) is 4.52. The van der Waals surface area contributed by atoms with Gasteiger partial charge < -0.3 is 15.0 Å². The molecule has 0 saturated carbocycles. The molecule has 6 heteroatoms. The first-order chi connectivity index (χ1) is 9.26. The third kappa shape index (κ3) is 3.20. The van der Waals surface area contributed by atoms with E-state index in [4.69, 9.17) is 0 Å². The molecular weight excluding hydrogens is 244 g/mol. The van der Waals surface area contributed by atoms with Crippen LogP contribution in [0.1, 0.15) is 30.4 Å². The van der Waals surface area contributed by atoms with Gasteiger partial charge in [0.1, 0.15) is 5.82 Å². The van der Waals surface area contributed by atoms with Crippen LogP contribution in [0.15, 0.2) is 12.3 Å². The van der Waals surface area contributed by atoms with Crippen molar-refractivity contribution < 1.29 is 9.53 Å². The second-order valence-electron chi connectivity index (χ2n) is 4.52. The molecule has 0 radical (unpaired) electrons. The third-order valence-electron chi connectivity index (χ3n) is 3.36. The van der Waals surface area contributed by atoms with Crippen molar-refractivity contribution in [3.63, 3.8) is 0 Å². The van der Waals surface area contributed by atoms with Crippen molar-refractivity contribution in [1.82, 2.24) is 15.3 Å². The van der Waals surface area contributed by atoms with Gasteiger partial charge in [-0.3, -0.25) is 0 Å². The second kappa shape index (κ2) is 6.47. The molecule has 0 bridgehead atoms. The lowest BCUT2D eigenvalue weighted by molar-refractivity contribution is 0.0586. The first-order valence-corrected chi connectivity index (χ1v) is 6.65. The molecule has 1 aliphatic heterocycles. The van der Waals surface area contributed by atoms with Crippen LogP contribution in [0.3, 0.4) is 0 Å². The van der Waals surface area contributed by atoms with Gasteiger partial charge in [-0.05, 0) is 32.4 Å². The molecule has 19 heavy (non-hydrogen) atoms. The number of esters is 1. The molecule has 1 aromatic heterocycles. The van der Waals surface area contributed by atoms with Gasteiger partial charge in [-0.25, -0.2) is 14.8 Å². The lowest BCUT2D eigenvalue weighted by Gasteiger charge is -2.34. The van der Waals surface area contributed by atoms with E-state index in [0.717, 1.165) is 38.3 Å². The summed E-state index contributed by atoms with van der Waals surface area (Å²) in [6, 6.07) is 2.25. The van der Waals surface area contributed by atoms with Crippen LogP contribution in [0.4, 0.5) is 5.82 Å². The Morgan fingerprint density at radius 3 is 3.11 bits per heavy atom. The summed E-state index contributed by atoms with van der Waals surface area (Å²) >= 11 is 0. The van der Waals surface area contributed by atoms with E-state index in [9.17, 15) is 4.79 Å². The predicted molar refractivity (Wildman–Crippen MR) is 72.3 cm³/mol. The number of piperidine rings is 1. The molecule has 2 heterocycles. The number of likely N-dealkylation sites (N-methyl/N-ethyl adjacent to an activating group) is 1. The minimum absolute atomic E-state index is 0.113. The van der Waals surface area contributed by atoms with E-state index in [1.165, 1.54) is 7.11 Å². The van der Waals surface area contributed by atoms with Gasteiger partial charge in [0, 0.05) is 25.3 Å². The molecule has 0 aliphatic carbocycles. The Hall–Kier alpha value is -1.69. The number of nitrogens with zero attached hydrogens (tertiary/aromatic N) is 3.